The average Bonchev–Trinajstić information content (AvgIpc) is 3.07. The van der Waals surface area contributed by atoms with E-state index in [9.17, 15) is 66.6 Å². The molecule has 5 aromatic rings. The molecule has 0 bridgehead atoms. The van der Waals surface area contributed by atoms with Gasteiger partial charge in [0.1, 0.15) is 33.5 Å². The van der Waals surface area contributed by atoms with E-state index in [2.05, 4.69) is 30.7 Å². The van der Waals surface area contributed by atoms with Crippen LogP contribution in [0.5, 0.6) is 23.0 Å². The van der Waals surface area contributed by atoms with Crippen molar-refractivity contribution in [3.63, 3.8) is 0 Å². The summed E-state index contributed by atoms with van der Waals surface area (Å²) in [4.78, 5) is 18.6. The Bertz CT molecular complexity index is 2640. The Kier molecular flexibility index (Phi) is 13.6. The van der Waals surface area contributed by atoms with Gasteiger partial charge in [-0.25, -0.2) is 0 Å². The molecule has 0 heterocycles. The zero-order valence-corrected chi connectivity index (χ0v) is 32.9. The monoisotopic (exact) mass is 800 g/mol. The standard InChI is InChI=1S/C28H18N8O14S2.2Na/c37-21-7-5-16(36(43)44)11-19(21)31-33-25-22(38)8-6-18(27(25)39)30-32-20-12-17(51(45,46)47)9-13-10-23(52(48,49)50)26(28(40)24(13)20)34-29-14-1-3-15(4-2-14)35(41)42;;/h1-12,37-40H,(H,45,46,47)(H,48,49,50);;. The summed E-state index contributed by atoms with van der Waals surface area (Å²) in [6.45, 7) is 0. The van der Waals surface area contributed by atoms with Gasteiger partial charge in [0.15, 0.2) is 17.2 Å². The van der Waals surface area contributed by atoms with Crippen molar-refractivity contribution in [2.24, 2.45) is 30.7 Å². The first-order valence-electron chi connectivity index (χ1n) is 13.7. The minimum absolute atomic E-state index is 0. The van der Waals surface area contributed by atoms with E-state index in [4.69, 9.17) is 0 Å². The summed E-state index contributed by atoms with van der Waals surface area (Å²) in [7, 11) is -10.3. The van der Waals surface area contributed by atoms with Crippen LogP contribution in [-0.2, 0) is 20.2 Å². The number of phenolic OH excluding ortho intramolecular Hbond substituents is 4. The Balaban J connectivity index is 0.00000392. The van der Waals surface area contributed by atoms with Crippen LogP contribution in [0.2, 0.25) is 0 Å². The fourth-order valence-electron chi connectivity index (χ4n) is 4.36. The minimum Gasteiger partial charge on any atom is -0.506 e. The molecule has 0 amide bonds. The first-order chi connectivity index (χ1) is 24.3. The molecule has 0 atom stereocenters. The predicted molar refractivity (Wildman–Crippen MR) is 187 cm³/mol. The van der Waals surface area contributed by atoms with Crippen LogP contribution in [-0.4, -0.2) is 115 Å². The van der Waals surface area contributed by atoms with Crippen molar-refractivity contribution >= 4 is 136 Å². The maximum Gasteiger partial charge on any atom is 0.296 e. The predicted octanol–water partition coefficient (Wildman–Crippen LogP) is 6.46. The Hall–Kier alpha value is -5.02. The van der Waals surface area contributed by atoms with Crippen molar-refractivity contribution in [2.45, 2.75) is 9.79 Å². The van der Waals surface area contributed by atoms with E-state index in [0.29, 0.717) is 12.1 Å². The minimum atomic E-state index is -5.23. The summed E-state index contributed by atoms with van der Waals surface area (Å²) < 4.78 is 68.5. The van der Waals surface area contributed by atoms with Gasteiger partial charge in [0.05, 0.1) is 31.5 Å². The maximum atomic E-state index is 12.3. The van der Waals surface area contributed by atoms with Gasteiger partial charge in [0, 0.05) is 83.4 Å². The van der Waals surface area contributed by atoms with Crippen molar-refractivity contribution in [2.75, 3.05) is 0 Å². The van der Waals surface area contributed by atoms with Crippen LogP contribution in [0.1, 0.15) is 0 Å². The van der Waals surface area contributed by atoms with E-state index in [-0.39, 0.29) is 70.5 Å². The third kappa shape index (κ3) is 9.55. The Labute approximate surface area is 345 Å². The molecule has 268 valence electrons. The zero-order valence-electron chi connectivity index (χ0n) is 27.3. The van der Waals surface area contributed by atoms with Gasteiger partial charge in [-0.1, -0.05) is 0 Å². The number of rotatable bonds is 10. The van der Waals surface area contributed by atoms with Gasteiger partial charge < -0.3 is 20.4 Å². The molecule has 0 aliphatic carbocycles. The van der Waals surface area contributed by atoms with Crippen molar-refractivity contribution in [3.8, 4) is 23.0 Å². The number of nitrogens with zero attached hydrogens (tertiary/aromatic N) is 8. The van der Waals surface area contributed by atoms with Crippen molar-refractivity contribution in [1.82, 2.24) is 0 Å². The second-order valence-corrected chi connectivity index (χ2v) is 13.0. The van der Waals surface area contributed by atoms with Gasteiger partial charge >= 0.3 is 0 Å². The third-order valence-corrected chi connectivity index (χ3v) is 8.50. The maximum absolute atomic E-state index is 12.3. The quantitative estimate of drug-likeness (QED) is 0.0290. The number of azo groups is 3. The van der Waals surface area contributed by atoms with Gasteiger partial charge in [0.2, 0.25) is 0 Å². The number of nitro benzene ring substituents is 2. The number of hydrogen-bond donors (Lipinski definition) is 6. The average molecular weight is 801 g/mol. The van der Waals surface area contributed by atoms with E-state index < -0.39 is 108 Å². The molecule has 22 nitrogen and oxygen atoms in total. The molecule has 0 fully saturated rings. The molecule has 0 aliphatic rings. The number of phenols is 4. The van der Waals surface area contributed by atoms with Gasteiger partial charge in [-0.05, 0) is 53.9 Å². The third-order valence-electron chi connectivity index (χ3n) is 6.81. The fourth-order valence-corrected chi connectivity index (χ4v) is 5.56. The normalized spacial score (nSPS) is 11.9. The fraction of sp³-hybridized carbons (Fsp3) is 0. The smallest absolute Gasteiger partial charge is 0.296 e. The SMILES string of the molecule is O=[N+]([O-])c1ccc(N=Nc2c(S(=O)(=O)O)cc3cc(S(=O)(=O)O)cc(N=Nc4ccc(O)c(N=Nc5cc([N+](=O)[O-])ccc5O)c4O)c3c2O)cc1.[Na].[Na]. The van der Waals surface area contributed by atoms with E-state index in [1.807, 2.05) is 0 Å². The summed E-state index contributed by atoms with van der Waals surface area (Å²) in [5.74, 6) is -3.21. The molecule has 0 saturated carbocycles. The van der Waals surface area contributed by atoms with Crippen LogP contribution in [0.4, 0.5) is 45.5 Å². The zero-order chi connectivity index (χ0) is 38.1. The summed E-state index contributed by atoms with van der Waals surface area (Å²) in [6.07, 6.45) is 0. The number of fused-ring (bicyclic) bond motifs is 1. The first kappa shape index (κ1) is 43.4. The van der Waals surface area contributed by atoms with E-state index >= 15 is 0 Å². The summed E-state index contributed by atoms with van der Waals surface area (Å²) in [5.41, 5.74) is -3.94. The molecular weight excluding hydrogens is 782 g/mol. The van der Waals surface area contributed by atoms with Crippen LogP contribution in [0, 0.1) is 20.2 Å². The molecule has 5 rings (SSSR count). The molecule has 0 spiro atoms. The molecule has 0 saturated heterocycles. The van der Waals surface area contributed by atoms with Crippen molar-refractivity contribution in [3.05, 3.63) is 93.0 Å². The number of hydrogen-bond acceptors (Lipinski definition) is 18. The van der Waals surface area contributed by atoms with Crippen LogP contribution >= 0.6 is 0 Å². The molecule has 0 aromatic heterocycles. The Morgan fingerprint density at radius 1 is 0.537 bits per heavy atom. The van der Waals surface area contributed by atoms with E-state index in [1.54, 1.807) is 0 Å². The largest absolute Gasteiger partial charge is 0.506 e. The van der Waals surface area contributed by atoms with Gasteiger partial charge in [-0.15, -0.1) is 25.6 Å². The van der Waals surface area contributed by atoms with Crippen molar-refractivity contribution < 1.29 is 56.2 Å². The van der Waals surface area contributed by atoms with Gasteiger partial charge in [-0.3, -0.25) is 29.3 Å². The molecule has 26 heteroatoms. The van der Waals surface area contributed by atoms with Crippen LogP contribution in [0.25, 0.3) is 10.8 Å². The Morgan fingerprint density at radius 2 is 1.09 bits per heavy atom. The molecule has 2 radical (unpaired) electrons. The Morgan fingerprint density at radius 3 is 1.69 bits per heavy atom. The molecular formula is C28H18N8Na2O14S2. The molecule has 0 aliphatic heterocycles. The molecule has 0 unspecified atom stereocenters. The summed E-state index contributed by atoms with van der Waals surface area (Å²) in [5, 5.41) is 85.7. The number of benzene rings is 5. The number of non-ortho nitro benzene ring substituents is 2. The van der Waals surface area contributed by atoms with E-state index in [1.165, 1.54) is 0 Å². The van der Waals surface area contributed by atoms with Crippen molar-refractivity contribution in [1.29, 1.82) is 0 Å². The molecule has 54 heavy (non-hydrogen) atoms. The van der Waals surface area contributed by atoms with Crippen LogP contribution < -0.4 is 0 Å². The van der Waals surface area contributed by atoms with E-state index in [0.717, 1.165) is 60.7 Å². The first-order valence-corrected chi connectivity index (χ1v) is 16.5. The second kappa shape index (κ2) is 17.0. The molecule has 5 aromatic carbocycles. The van der Waals surface area contributed by atoms with Crippen LogP contribution in [0.3, 0.4) is 0 Å². The molecule has 6 N–H and O–H groups in total. The van der Waals surface area contributed by atoms with Gasteiger partial charge in [0.25, 0.3) is 31.6 Å². The number of nitro groups is 2. The topological polar surface area (TPSA) is 350 Å². The summed E-state index contributed by atoms with van der Waals surface area (Å²) in [6, 6.07) is 11.2. The van der Waals surface area contributed by atoms with Gasteiger partial charge in [-0.2, -0.15) is 21.9 Å². The summed E-state index contributed by atoms with van der Waals surface area (Å²) >= 11 is 0. The second-order valence-electron chi connectivity index (χ2n) is 10.2. The van der Waals surface area contributed by atoms with Crippen LogP contribution in [0.15, 0.2) is 113 Å². The number of aromatic hydroxyl groups is 4.